The van der Waals surface area contributed by atoms with Crippen LogP contribution in [0.2, 0.25) is 0 Å². The first-order chi connectivity index (χ1) is 10.8. The standard InChI is InChI=1S/C17H24N2O3/c1-21-15-6-4-14(5-7-15)17(13-2-3-13)18-16(20)12-19-8-10-22-11-9-19/h4-7,13,17H,2-3,8-12H2,1H3,(H,18,20). The Bertz CT molecular complexity index is 493. The van der Waals surface area contributed by atoms with E-state index < -0.39 is 0 Å². The largest absolute Gasteiger partial charge is 0.497 e. The molecule has 3 rings (SSSR count). The van der Waals surface area contributed by atoms with E-state index in [4.69, 9.17) is 9.47 Å². The lowest BCUT2D eigenvalue weighted by Crippen LogP contribution is -2.44. The molecule has 1 amide bonds. The molecule has 5 nitrogen and oxygen atoms in total. The zero-order valence-corrected chi connectivity index (χ0v) is 13.1. The number of carbonyl (C=O) groups excluding carboxylic acids is 1. The van der Waals surface area contributed by atoms with Crippen molar-refractivity contribution in [3.63, 3.8) is 0 Å². The Kier molecular flexibility index (Phi) is 4.95. The van der Waals surface area contributed by atoms with Crippen molar-refractivity contribution in [1.82, 2.24) is 10.2 Å². The smallest absolute Gasteiger partial charge is 0.234 e. The number of nitrogens with one attached hydrogen (secondary N) is 1. The van der Waals surface area contributed by atoms with E-state index in [-0.39, 0.29) is 11.9 Å². The van der Waals surface area contributed by atoms with Crippen LogP contribution in [0.4, 0.5) is 0 Å². The summed E-state index contributed by atoms with van der Waals surface area (Å²) in [7, 11) is 1.66. The minimum Gasteiger partial charge on any atom is -0.497 e. The summed E-state index contributed by atoms with van der Waals surface area (Å²) >= 11 is 0. The third-order valence-electron chi connectivity index (χ3n) is 4.36. The Morgan fingerprint density at radius 1 is 1.32 bits per heavy atom. The lowest BCUT2D eigenvalue weighted by Gasteiger charge is -2.27. The van der Waals surface area contributed by atoms with Gasteiger partial charge in [-0.15, -0.1) is 0 Å². The number of rotatable bonds is 6. The maximum Gasteiger partial charge on any atom is 0.234 e. The molecule has 22 heavy (non-hydrogen) atoms. The quantitative estimate of drug-likeness (QED) is 0.867. The van der Waals surface area contributed by atoms with Crippen LogP contribution in [0.1, 0.15) is 24.4 Å². The Balaban J connectivity index is 1.59. The molecule has 0 spiro atoms. The molecule has 2 fully saturated rings. The molecule has 5 heteroatoms. The first-order valence-corrected chi connectivity index (χ1v) is 7.99. The molecule has 1 atom stereocenters. The van der Waals surface area contributed by atoms with Crippen LogP contribution in [-0.4, -0.2) is 50.8 Å². The number of morpholine rings is 1. The Morgan fingerprint density at radius 2 is 2.00 bits per heavy atom. The molecule has 0 bridgehead atoms. The average molecular weight is 304 g/mol. The van der Waals surface area contributed by atoms with Crippen molar-refractivity contribution in [3.05, 3.63) is 29.8 Å². The number of ether oxygens (including phenoxy) is 2. The fourth-order valence-electron chi connectivity index (χ4n) is 2.90. The summed E-state index contributed by atoms with van der Waals surface area (Å²) in [5, 5.41) is 3.22. The van der Waals surface area contributed by atoms with Gasteiger partial charge in [-0.05, 0) is 36.5 Å². The van der Waals surface area contributed by atoms with E-state index >= 15 is 0 Å². The summed E-state index contributed by atoms with van der Waals surface area (Å²) in [6.45, 7) is 3.58. The van der Waals surface area contributed by atoms with Crippen LogP contribution in [0.15, 0.2) is 24.3 Å². The van der Waals surface area contributed by atoms with Crippen molar-refractivity contribution in [2.45, 2.75) is 18.9 Å². The van der Waals surface area contributed by atoms with Crippen molar-refractivity contribution in [3.8, 4) is 5.75 Å². The molecular formula is C17H24N2O3. The van der Waals surface area contributed by atoms with Crippen molar-refractivity contribution in [1.29, 1.82) is 0 Å². The molecule has 2 aliphatic rings. The summed E-state index contributed by atoms with van der Waals surface area (Å²) in [5.74, 6) is 1.52. The van der Waals surface area contributed by atoms with Gasteiger partial charge in [0.15, 0.2) is 0 Å². The molecule has 1 aliphatic carbocycles. The third-order valence-corrected chi connectivity index (χ3v) is 4.36. The van der Waals surface area contributed by atoms with Gasteiger partial charge in [0, 0.05) is 13.1 Å². The summed E-state index contributed by atoms with van der Waals surface area (Å²) in [6.07, 6.45) is 2.38. The van der Waals surface area contributed by atoms with E-state index in [0.717, 1.165) is 32.1 Å². The van der Waals surface area contributed by atoms with Gasteiger partial charge in [-0.1, -0.05) is 12.1 Å². The highest BCUT2D eigenvalue weighted by atomic mass is 16.5. The highest BCUT2D eigenvalue weighted by molar-refractivity contribution is 5.78. The molecular weight excluding hydrogens is 280 g/mol. The molecule has 1 aromatic carbocycles. The summed E-state index contributed by atoms with van der Waals surface area (Å²) < 4.78 is 10.5. The van der Waals surface area contributed by atoms with Crippen LogP contribution in [0.25, 0.3) is 0 Å². The maximum absolute atomic E-state index is 12.3. The topological polar surface area (TPSA) is 50.8 Å². The Hall–Kier alpha value is -1.59. The van der Waals surface area contributed by atoms with Gasteiger partial charge in [0.2, 0.25) is 5.91 Å². The van der Waals surface area contributed by atoms with Gasteiger partial charge in [-0.25, -0.2) is 0 Å². The van der Waals surface area contributed by atoms with Crippen molar-refractivity contribution >= 4 is 5.91 Å². The monoisotopic (exact) mass is 304 g/mol. The lowest BCUT2D eigenvalue weighted by atomic mass is 10.0. The second-order valence-corrected chi connectivity index (χ2v) is 6.04. The first kappa shape index (κ1) is 15.3. The Morgan fingerprint density at radius 3 is 2.59 bits per heavy atom. The average Bonchev–Trinajstić information content (AvgIpc) is 3.38. The maximum atomic E-state index is 12.3. The minimum absolute atomic E-state index is 0.106. The van der Waals surface area contributed by atoms with Crippen LogP contribution in [0.5, 0.6) is 5.75 Å². The number of hydrogen-bond acceptors (Lipinski definition) is 4. The molecule has 1 N–H and O–H groups in total. The zero-order chi connectivity index (χ0) is 15.4. The first-order valence-electron chi connectivity index (χ1n) is 7.99. The van der Waals surface area contributed by atoms with Crippen LogP contribution in [-0.2, 0) is 9.53 Å². The van der Waals surface area contributed by atoms with Crippen molar-refractivity contribution in [2.75, 3.05) is 40.0 Å². The van der Waals surface area contributed by atoms with Gasteiger partial charge in [-0.3, -0.25) is 9.69 Å². The fourth-order valence-corrected chi connectivity index (χ4v) is 2.90. The Labute approximate surface area is 131 Å². The van der Waals surface area contributed by atoms with Gasteiger partial charge in [0.1, 0.15) is 5.75 Å². The molecule has 1 unspecified atom stereocenters. The number of amides is 1. The number of methoxy groups -OCH3 is 1. The normalized spacial score (nSPS) is 20.4. The zero-order valence-electron chi connectivity index (χ0n) is 13.1. The molecule has 1 aromatic rings. The molecule has 1 saturated carbocycles. The van der Waals surface area contributed by atoms with Gasteiger partial charge in [0.25, 0.3) is 0 Å². The van der Waals surface area contributed by atoms with Gasteiger partial charge in [0.05, 0.1) is 32.9 Å². The SMILES string of the molecule is COc1ccc(C(NC(=O)CN2CCOCC2)C2CC2)cc1. The van der Waals surface area contributed by atoms with E-state index in [1.54, 1.807) is 7.11 Å². The van der Waals surface area contributed by atoms with Crippen LogP contribution >= 0.6 is 0 Å². The molecule has 1 saturated heterocycles. The number of benzene rings is 1. The molecule has 0 aromatic heterocycles. The van der Waals surface area contributed by atoms with E-state index in [1.807, 2.05) is 12.1 Å². The van der Waals surface area contributed by atoms with Crippen LogP contribution in [0, 0.1) is 5.92 Å². The number of carbonyl (C=O) groups is 1. The molecule has 120 valence electrons. The third kappa shape index (κ3) is 3.99. The summed E-state index contributed by atoms with van der Waals surface area (Å²) in [4.78, 5) is 14.5. The minimum atomic E-state index is 0.106. The van der Waals surface area contributed by atoms with E-state index in [2.05, 4.69) is 22.3 Å². The van der Waals surface area contributed by atoms with Crippen LogP contribution < -0.4 is 10.1 Å². The van der Waals surface area contributed by atoms with E-state index in [1.165, 1.54) is 18.4 Å². The van der Waals surface area contributed by atoms with Crippen LogP contribution in [0.3, 0.4) is 0 Å². The van der Waals surface area contributed by atoms with Gasteiger partial charge < -0.3 is 14.8 Å². The number of hydrogen-bond donors (Lipinski definition) is 1. The summed E-state index contributed by atoms with van der Waals surface area (Å²) in [5.41, 5.74) is 1.17. The molecule has 1 heterocycles. The second-order valence-electron chi connectivity index (χ2n) is 6.04. The predicted molar refractivity (Wildman–Crippen MR) is 83.9 cm³/mol. The molecule has 0 radical (unpaired) electrons. The number of nitrogens with zero attached hydrogens (tertiary/aromatic N) is 1. The van der Waals surface area contributed by atoms with E-state index in [9.17, 15) is 4.79 Å². The van der Waals surface area contributed by atoms with Crippen molar-refractivity contribution < 1.29 is 14.3 Å². The lowest BCUT2D eigenvalue weighted by molar-refractivity contribution is -0.124. The van der Waals surface area contributed by atoms with Crippen molar-refractivity contribution in [2.24, 2.45) is 5.92 Å². The van der Waals surface area contributed by atoms with E-state index in [0.29, 0.717) is 12.5 Å². The van der Waals surface area contributed by atoms with Gasteiger partial charge in [-0.2, -0.15) is 0 Å². The molecule has 1 aliphatic heterocycles. The predicted octanol–water partition coefficient (Wildman–Crippen LogP) is 1.59. The fraction of sp³-hybridized carbons (Fsp3) is 0.588. The summed E-state index contributed by atoms with van der Waals surface area (Å²) in [6, 6.07) is 8.14. The second kappa shape index (κ2) is 7.11. The highest BCUT2D eigenvalue weighted by Gasteiger charge is 2.33. The van der Waals surface area contributed by atoms with Gasteiger partial charge >= 0.3 is 0 Å². The highest BCUT2D eigenvalue weighted by Crippen LogP contribution is 2.41.